The highest BCUT2D eigenvalue weighted by Crippen LogP contribution is 2.11. The number of methoxy groups -OCH3 is 2. The second-order valence-electron chi connectivity index (χ2n) is 2.90. The Bertz CT molecular complexity index is 298. The number of anilines is 1. The smallest absolute Gasteiger partial charge is 0.173 e. The van der Waals surface area contributed by atoms with Gasteiger partial charge in [0.15, 0.2) is 6.29 Å². The highest BCUT2D eigenvalue weighted by atomic mass is 35.5. The van der Waals surface area contributed by atoms with E-state index in [0.717, 1.165) is 0 Å². The zero-order chi connectivity index (χ0) is 11.3. The molecule has 0 aliphatic carbocycles. The third-order valence-corrected chi connectivity index (χ3v) is 1.98. The van der Waals surface area contributed by atoms with Gasteiger partial charge in [-0.25, -0.2) is 9.97 Å². The molecule has 0 unspecified atom stereocenters. The summed E-state index contributed by atoms with van der Waals surface area (Å²) in [4.78, 5) is 8.11. The third-order valence-electron chi connectivity index (χ3n) is 1.78. The van der Waals surface area contributed by atoms with E-state index in [2.05, 4.69) is 15.3 Å². The van der Waals surface area contributed by atoms with Crippen LogP contribution in [0, 0.1) is 6.92 Å². The van der Waals surface area contributed by atoms with Crippen LogP contribution in [-0.4, -0.2) is 37.0 Å². The van der Waals surface area contributed by atoms with Crippen molar-refractivity contribution in [3.8, 4) is 0 Å². The van der Waals surface area contributed by atoms with Gasteiger partial charge >= 0.3 is 0 Å². The molecule has 1 heterocycles. The van der Waals surface area contributed by atoms with Crippen molar-refractivity contribution in [3.05, 3.63) is 17.0 Å². The van der Waals surface area contributed by atoms with E-state index < -0.39 is 0 Å². The number of nitrogens with zero attached hydrogens (tertiary/aromatic N) is 2. The molecule has 6 heteroatoms. The largest absolute Gasteiger partial charge is 0.365 e. The maximum absolute atomic E-state index is 5.78. The van der Waals surface area contributed by atoms with Gasteiger partial charge in [-0.1, -0.05) is 11.6 Å². The van der Waals surface area contributed by atoms with Crippen molar-refractivity contribution in [2.24, 2.45) is 0 Å². The molecular weight excluding hydrogens is 218 g/mol. The summed E-state index contributed by atoms with van der Waals surface area (Å²) in [6.45, 7) is 2.28. The van der Waals surface area contributed by atoms with Gasteiger partial charge in [0.1, 0.15) is 16.8 Å². The lowest BCUT2D eigenvalue weighted by molar-refractivity contribution is -0.0914. The average Bonchev–Trinajstić information content (AvgIpc) is 2.18. The molecule has 15 heavy (non-hydrogen) atoms. The molecule has 1 aromatic rings. The second-order valence-corrected chi connectivity index (χ2v) is 3.29. The SMILES string of the molecule is COC(CNc1cc(Cl)nc(C)n1)OC. The summed E-state index contributed by atoms with van der Waals surface area (Å²) in [5, 5.41) is 3.46. The van der Waals surface area contributed by atoms with Gasteiger partial charge in [-0.3, -0.25) is 0 Å². The quantitative estimate of drug-likeness (QED) is 0.614. The zero-order valence-corrected chi connectivity index (χ0v) is 9.71. The second kappa shape index (κ2) is 5.85. The summed E-state index contributed by atoms with van der Waals surface area (Å²) in [7, 11) is 3.15. The van der Waals surface area contributed by atoms with Crippen LogP contribution in [0.3, 0.4) is 0 Å². The van der Waals surface area contributed by atoms with Crippen molar-refractivity contribution in [2.45, 2.75) is 13.2 Å². The van der Waals surface area contributed by atoms with Gasteiger partial charge in [-0.2, -0.15) is 0 Å². The molecule has 0 bridgehead atoms. The summed E-state index contributed by atoms with van der Waals surface area (Å²) < 4.78 is 10.0. The van der Waals surface area contributed by atoms with Crippen molar-refractivity contribution in [1.29, 1.82) is 0 Å². The van der Waals surface area contributed by atoms with E-state index in [4.69, 9.17) is 21.1 Å². The minimum atomic E-state index is -0.306. The molecule has 0 aliphatic heterocycles. The monoisotopic (exact) mass is 231 g/mol. The molecule has 1 rings (SSSR count). The van der Waals surface area contributed by atoms with Gasteiger partial charge in [0.25, 0.3) is 0 Å². The predicted molar refractivity (Wildman–Crippen MR) is 58.1 cm³/mol. The minimum Gasteiger partial charge on any atom is -0.365 e. The van der Waals surface area contributed by atoms with Gasteiger partial charge in [-0.05, 0) is 6.92 Å². The maximum atomic E-state index is 5.78. The molecule has 84 valence electrons. The number of hydrogen-bond donors (Lipinski definition) is 1. The van der Waals surface area contributed by atoms with Crippen LogP contribution in [0.15, 0.2) is 6.07 Å². The Morgan fingerprint density at radius 3 is 2.60 bits per heavy atom. The van der Waals surface area contributed by atoms with E-state index in [1.807, 2.05) is 0 Å². The molecule has 0 saturated carbocycles. The minimum absolute atomic E-state index is 0.306. The Labute approximate surface area is 93.8 Å². The molecule has 0 saturated heterocycles. The summed E-state index contributed by atoms with van der Waals surface area (Å²) in [5.41, 5.74) is 0. The summed E-state index contributed by atoms with van der Waals surface area (Å²) in [5.74, 6) is 1.28. The molecule has 0 spiro atoms. The topological polar surface area (TPSA) is 56.3 Å². The Balaban J connectivity index is 2.57. The van der Waals surface area contributed by atoms with Crippen molar-refractivity contribution < 1.29 is 9.47 Å². The van der Waals surface area contributed by atoms with Crippen molar-refractivity contribution >= 4 is 17.4 Å². The first-order chi connectivity index (χ1) is 7.15. The Morgan fingerprint density at radius 1 is 1.40 bits per heavy atom. The van der Waals surface area contributed by atoms with Crippen LogP contribution in [0.25, 0.3) is 0 Å². The van der Waals surface area contributed by atoms with E-state index in [1.165, 1.54) is 0 Å². The Hall–Kier alpha value is -0.910. The first-order valence-corrected chi connectivity index (χ1v) is 4.84. The summed E-state index contributed by atoms with van der Waals surface area (Å²) in [6.07, 6.45) is -0.306. The van der Waals surface area contributed by atoms with E-state index in [-0.39, 0.29) is 6.29 Å². The van der Waals surface area contributed by atoms with Gasteiger partial charge in [0.2, 0.25) is 0 Å². The molecule has 0 atom stereocenters. The van der Waals surface area contributed by atoms with Crippen LogP contribution < -0.4 is 5.32 Å². The molecular formula is C9H14ClN3O2. The number of halogens is 1. The lowest BCUT2D eigenvalue weighted by Gasteiger charge is -2.14. The third kappa shape index (κ3) is 3.99. The number of rotatable bonds is 5. The Morgan fingerprint density at radius 2 is 2.07 bits per heavy atom. The molecule has 5 nitrogen and oxygen atoms in total. The number of aromatic nitrogens is 2. The first kappa shape index (κ1) is 12.2. The molecule has 0 radical (unpaired) electrons. The summed E-state index contributed by atoms with van der Waals surface area (Å²) >= 11 is 5.78. The first-order valence-electron chi connectivity index (χ1n) is 4.46. The molecule has 0 amide bonds. The van der Waals surface area contributed by atoms with Gasteiger partial charge in [0.05, 0.1) is 6.54 Å². The lowest BCUT2D eigenvalue weighted by Crippen LogP contribution is -2.24. The van der Waals surface area contributed by atoms with Crippen molar-refractivity contribution in [2.75, 3.05) is 26.1 Å². The fraction of sp³-hybridized carbons (Fsp3) is 0.556. The Kier molecular flexibility index (Phi) is 4.74. The van der Waals surface area contributed by atoms with E-state index in [9.17, 15) is 0 Å². The lowest BCUT2D eigenvalue weighted by atomic mass is 10.5. The fourth-order valence-corrected chi connectivity index (χ4v) is 1.30. The highest BCUT2D eigenvalue weighted by molar-refractivity contribution is 6.29. The highest BCUT2D eigenvalue weighted by Gasteiger charge is 2.05. The molecule has 0 aromatic carbocycles. The predicted octanol–water partition coefficient (Wildman–Crippen LogP) is 1.47. The normalized spacial score (nSPS) is 10.7. The summed E-state index contributed by atoms with van der Waals surface area (Å²) in [6, 6.07) is 1.65. The molecule has 0 fully saturated rings. The maximum Gasteiger partial charge on any atom is 0.173 e. The van der Waals surface area contributed by atoms with Gasteiger partial charge in [-0.15, -0.1) is 0 Å². The molecule has 1 N–H and O–H groups in total. The zero-order valence-electron chi connectivity index (χ0n) is 8.95. The van der Waals surface area contributed by atoms with Crippen LogP contribution in [0.5, 0.6) is 0 Å². The van der Waals surface area contributed by atoms with Gasteiger partial charge < -0.3 is 14.8 Å². The van der Waals surface area contributed by atoms with Crippen molar-refractivity contribution in [3.63, 3.8) is 0 Å². The van der Waals surface area contributed by atoms with E-state index in [1.54, 1.807) is 27.2 Å². The number of ether oxygens (including phenoxy) is 2. The van der Waals surface area contributed by atoms with E-state index in [0.29, 0.717) is 23.3 Å². The number of nitrogens with one attached hydrogen (secondary N) is 1. The average molecular weight is 232 g/mol. The van der Waals surface area contributed by atoms with Crippen molar-refractivity contribution in [1.82, 2.24) is 9.97 Å². The van der Waals surface area contributed by atoms with Crippen LogP contribution in [0.1, 0.15) is 5.82 Å². The molecule has 0 aliphatic rings. The van der Waals surface area contributed by atoms with Crippen LogP contribution in [0.2, 0.25) is 5.15 Å². The number of hydrogen-bond acceptors (Lipinski definition) is 5. The van der Waals surface area contributed by atoms with E-state index >= 15 is 0 Å². The number of aryl methyl sites for hydroxylation is 1. The van der Waals surface area contributed by atoms with Crippen LogP contribution >= 0.6 is 11.6 Å². The molecule has 1 aromatic heterocycles. The van der Waals surface area contributed by atoms with Crippen LogP contribution in [0.4, 0.5) is 5.82 Å². The standard InChI is InChI=1S/C9H14ClN3O2/c1-6-12-7(10)4-8(13-6)11-5-9(14-2)15-3/h4,9H,5H2,1-3H3,(H,11,12,13). The van der Waals surface area contributed by atoms with Crippen LogP contribution in [-0.2, 0) is 9.47 Å². The fourth-order valence-electron chi connectivity index (χ4n) is 1.07. The van der Waals surface area contributed by atoms with Gasteiger partial charge in [0, 0.05) is 20.3 Å².